The molecule has 0 amide bonds. The van der Waals surface area contributed by atoms with Crippen LogP contribution in [0, 0.1) is 0 Å². The highest BCUT2D eigenvalue weighted by molar-refractivity contribution is 5.97. The van der Waals surface area contributed by atoms with Gasteiger partial charge in [0.1, 0.15) is 11.5 Å². The molecule has 0 aliphatic rings. The maximum atomic E-state index is 11.1. The zero-order valence-corrected chi connectivity index (χ0v) is 9.96. The van der Waals surface area contributed by atoms with Crippen LogP contribution in [0.1, 0.15) is 31.1 Å². The monoisotopic (exact) mass is 210 g/mol. The second kappa shape index (κ2) is 6.87. The standard InChI is InChI=1S/C10H12O3.C2H6/c1-7(11)9-5-4-8(12-2)6-10(9)13-3;1-2/h4-6H,1-3H3;1-2H3. The van der Waals surface area contributed by atoms with Crippen LogP contribution in [-0.2, 0) is 0 Å². The summed E-state index contributed by atoms with van der Waals surface area (Å²) in [5.74, 6) is 1.22. The molecule has 0 bridgehead atoms. The quantitative estimate of drug-likeness (QED) is 0.719. The lowest BCUT2D eigenvalue weighted by Crippen LogP contribution is -1.97. The molecule has 0 N–H and O–H groups in total. The summed E-state index contributed by atoms with van der Waals surface area (Å²) in [5, 5.41) is 0. The molecule has 84 valence electrons. The van der Waals surface area contributed by atoms with Crippen molar-refractivity contribution in [2.24, 2.45) is 0 Å². The first-order valence-electron chi connectivity index (χ1n) is 4.92. The second-order valence-corrected chi connectivity index (χ2v) is 2.62. The first-order chi connectivity index (χ1) is 7.19. The maximum absolute atomic E-state index is 11.1. The number of methoxy groups -OCH3 is 2. The molecule has 0 heterocycles. The van der Waals surface area contributed by atoms with Gasteiger partial charge in [0.25, 0.3) is 0 Å². The highest BCUT2D eigenvalue weighted by Crippen LogP contribution is 2.24. The lowest BCUT2D eigenvalue weighted by atomic mass is 10.1. The van der Waals surface area contributed by atoms with Crippen molar-refractivity contribution >= 4 is 5.78 Å². The predicted molar refractivity (Wildman–Crippen MR) is 60.9 cm³/mol. The summed E-state index contributed by atoms with van der Waals surface area (Å²) in [6, 6.07) is 5.12. The minimum absolute atomic E-state index is 0.0143. The maximum Gasteiger partial charge on any atom is 0.163 e. The van der Waals surface area contributed by atoms with Crippen molar-refractivity contribution in [3.05, 3.63) is 23.8 Å². The molecular weight excluding hydrogens is 192 g/mol. The molecule has 0 aliphatic heterocycles. The fourth-order valence-corrected chi connectivity index (χ4v) is 1.09. The third kappa shape index (κ3) is 3.62. The lowest BCUT2D eigenvalue weighted by Gasteiger charge is -2.07. The van der Waals surface area contributed by atoms with E-state index in [1.165, 1.54) is 14.0 Å². The lowest BCUT2D eigenvalue weighted by molar-refractivity contribution is 0.101. The van der Waals surface area contributed by atoms with Gasteiger partial charge in [-0.15, -0.1) is 0 Å². The van der Waals surface area contributed by atoms with E-state index in [-0.39, 0.29) is 5.78 Å². The zero-order chi connectivity index (χ0) is 11.8. The van der Waals surface area contributed by atoms with Crippen molar-refractivity contribution in [1.29, 1.82) is 0 Å². The molecular formula is C12H18O3. The molecule has 0 atom stereocenters. The molecule has 1 rings (SSSR count). The molecule has 1 aromatic carbocycles. The van der Waals surface area contributed by atoms with Gasteiger partial charge >= 0.3 is 0 Å². The Labute approximate surface area is 91.0 Å². The smallest absolute Gasteiger partial charge is 0.163 e. The summed E-state index contributed by atoms with van der Waals surface area (Å²) in [6.45, 7) is 5.50. The molecule has 0 aliphatic carbocycles. The van der Waals surface area contributed by atoms with E-state index in [0.29, 0.717) is 17.1 Å². The molecule has 3 heteroatoms. The number of ether oxygens (including phenoxy) is 2. The highest BCUT2D eigenvalue weighted by atomic mass is 16.5. The predicted octanol–water partition coefficient (Wildman–Crippen LogP) is 2.93. The third-order valence-electron chi connectivity index (χ3n) is 1.79. The summed E-state index contributed by atoms with van der Waals surface area (Å²) >= 11 is 0. The number of carbonyl (C=O) groups excluding carboxylic acids is 1. The summed E-state index contributed by atoms with van der Waals surface area (Å²) in [5.41, 5.74) is 0.573. The van der Waals surface area contributed by atoms with Gasteiger partial charge < -0.3 is 9.47 Å². The van der Waals surface area contributed by atoms with E-state index in [1.807, 2.05) is 13.8 Å². The first-order valence-corrected chi connectivity index (χ1v) is 4.92. The van der Waals surface area contributed by atoms with Crippen LogP contribution in [0.4, 0.5) is 0 Å². The Kier molecular flexibility index (Phi) is 6.18. The fraction of sp³-hybridized carbons (Fsp3) is 0.417. The Morgan fingerprint density at radius 1 is 1.13 bits per heavy atom. The van der Waals surface area contributed by atoms with E-state index in [0.717, 1.165) is 0 Å². The van der Waals surface area contributed by atoms with Crippen LogP contribution in [0.2, 0.25) is 0 Å². The van der Waals surface area contributed by atoms with Gasteiger partial charge in [0.2, 0.25) is 0 Å². The van der Waals surface area contributed by atoms with Crippen molar-refractivity contribution in [2.45, 2.75) is 20.8 Å². The molecule has 0 radical (unpaired) electrons. The van der Waals surface area contributed by atoms with Gasteiger partial charge in [-0.25, -0.2) is 0 Å². The molecule has 1 aromatic rings. The number of hydrogen-bond donors (Lipinski definition) is 0. The van der Waals surface area contributed by atoms with Gasteiger partial charge in [-0.05, 0) is 19.1 Å². The normalized spacial score (nSPS) is 8.60. The Hall–Kier alpha value is -1.51. The molecule has 0 spiro atoms. The van der Waals surface area contributed by atoms with Crippen molar-refractivity contribution in [1.82, 2.24) is 0 Å². The van der Waals surface area contributed by atoms with E-state index in [9.17, 15) is 4.79 Å². The number of ketones is 1. The third-order valence-corrected chi connectivity index (χ3v) is 1.79. The van der Waals surface area contributed by atoms with Crippen molar-refractivity contribution in [2.75, 3.05) is 14.2 Å². The Bertz CT molecular complexity index is 319. The van der Waals surface area contributed by atoms with Crippen LogP contribution in [-0.4, -0.2) is 20.0 Å². The van der Waals surface area contributed by atoms with E-state index in [1.54, 1.807) is 25.3 Å². The van der Waals surface area contributed by atoms with Crippen molar-refractivity contribution in [3.8, 4) is 11.5 Å². The summed E-state index contributed by atoms with van der Waals surface area (Å²) in [7, 11) is 3.10. The van der Waals surface area contributed by atoms with Gasteiger partial charge in [-0.3, -0.25) is 4.79 Å². The van der Waals surface area contributed by atoms with Crippen LogP contribution in [0.25, 0.3) is 0 Å². The van der Waals surface area contributed by atoms with Gasteiger partial charge in [-0.2, -0.15) is 0 Å². The Morgan fingerprint density at radius 2 is 1.73 bits per heavy atom. The second-order valence-electron chi connectivity index (χ2n) is 2.62. The van der Waals surface area contributed by atoms with E-state index >= 15 is 0 Å². The SMILES string of the molecule is CC.COc1ccc(C(C)=O)c(OC)c1. The topological polar surface area (TPSA) is 35.5 Å². The Morgan fingerprint density at radius 3 is 2.13 bits per heavy atom. The van der Waals surface area contributed by atoms with E-state index in [2.05, 4.69) is 0 Å². The molecule has 0 saturated carbocycles. The van der Waals surface area contributed by atoms with Crippen LogP contribution in [0.3, 0.4) is 0 Å². The first kappa shape index (κ1) is 13.5. The van der Waals surface area contributed by atoms with Gasteiger partial charge in [0.05, 0.1) is 19.8 Å². The summed E-state index contributed by atoms with van der Waals surface area (Å²) < 4.78 is 10.0. The van der Waals surface area contributed by atoms with Gasteiger partial charge in [-0.1, -0.05) is 13.8 Å². The molecule has 15 heavy (non-hydrogen) atoms. The van der Waals surface area contributed by atoms with Crippen molar-refractivity contribution in [3.63, 3.8) is 0 Å². The molecule has 3 nitrogen and oxygen atoms in total. The largest absolute Gasteiger partial charge is 0.497 e. The Balaban J connectivity index is 0.000000921. The van der Waals surface area contributed by atoms with Crippen LogP contribution < -0.4 is 9.47 Å². The molecule has 0 saturated heterocycles. The summed E-state index contributed by atoms with van der Waals surface area (Å²) in [6.07, 6.45) is 0. The molecule has 0 fully saturated rings. The average Bonchev–Trinajstić information content (AvgIpc) is 2.30. The van der Waals surface area contributed by atoms with Crippen molar-refractivity contribution < 1.29 is 14.3 Å². The van der Waals surface area contributed by atoms with Gasteiger partial charge in [0.15, 0.2) is 5.78 Å². The number of hydrogen-bond acceptors (Lipinski definition) is 3. The molecule has 0 unspecified atom stereocenters. The minimum atomic E-state index is -0.0143. The number of benzene rings is 1. The summed E-state index contributed by atoms with van der Waals surface area (Å²) in [4.78, 5) is 11.1. The van der Waals surface area contributed by atoms with Crippen LogP contribution in [0.5, 0.6) is 11.5 Å². The molecule has 0 aromatic heterocycles. The van der Waals surface area contributed by atoms with Crippen LogP contribution >= 0.6 is 0 Å². The van der Waals surface area contributed by atoms with E-state index < -0.39 is 0 Å². The van der Waals surface area contributed by atoms with Crippen LogP contribution in [0.15, 0.2) is 18.2 Å². The van der Waals surface area contributed by atoms with E-state index in [4.69, 9.17) is 9.47 Å². The fourth-order valence-electron chi connectivity index (χ4n) is 1.09. The number of rotatable bonds is 3. The average molecular weight is 210 g/mol. The zero-order valence-electron chi connectivity index (χ0n) is 9.96. The number of carbonyl (C=O) groups is 1. The number of Topliss-reactive ketones (excluding diaryl/α,β-unsaturated/α-hetero) is 1. The van der Waals surface area contributed by atoms with Gasteiger partial charge in [0, 0.05) is 6.07 Å². The minimum Gasteiger partial charge on any atom is -0.497 e. The highest BCUT2D eigenvalue weighted by Gasteiger charge is 2.08.